The number of anilines is 1. The van der Waals surface area contributed by atoms with Crippen molar-refractivity contribution in [2.24, 2.45) is 17.8 Å². The van der Waals surface area contributed by atoms with Crippen molar-refractivity contribution in [3.8, 4) is 0 Å². The highest BCUT2D eigenvalue weighted by molar-refractivity contribution is 6.03. The van der Waals surface area contributed by atoms with Crippen LogP contribution < -0.4 is 5.32 Å². The minimum absolute atomic E-state index is 0.0996. The van der Waals surface area contributed by atoms with E-state index in [1.807, 2.05) is 12.3 Å². The van der Waals surface area contributed by atoms with Gasteiger partial charge < -0.3 is 5.32 Å². The second-order valence-corrected chi connectivity index (χ2v) is 10.2. The van der Waals surface area contributed by atoms with E-state index in [0.717, 1.165) is 55.7 Å². The van der Waals surface area contributed by atoms with Crippen LogP contribution in [-0.2, 0) is 0 Å². The van der Waals surface area contributed by atoms with Crippen molar-refractivity contribution < 1.29 is 9.18 Å². The van der Waals surface area contributed by atoms with Crippen molar-refractivity contribution in [1.29, 1.82) is 0 Å². The Labute approximate surface area is 191 Å². The average Bonchev–Trinajstić information content (AvgIpc) is 2.80. The molecule has 4 nitrogen and oxygen atoms in total. The Morgan fingerprint density at radius 2 is 1.81 bits per heavy atom. The summed E-state index contributed by atoms with van der Waals surface area (Å²) < 4.78 is 14.6. The van der Waals surface area contributed by atoms with Gasteiger partial charge in [0.25, 0.3) is 5.91 Å². The summed E-state index contributed by atoms with van der Waals surface area (Å²) in [5.41, 5.74) is 2.63. The van der Waals surface area contributed by atoms with Crippen LogP contribution in [-0.4, -0.2) is 15.9 Å². The van der Waals surface area contributed by atoms with Gasteiger partial charge in [0.2, 0.25) is 0 Å². The first kappa shape index (κ1) is 22.9. The van der Waals surface area contributed by atoms with Crippen molar-refractivity contribution in [2.75, 3.05) is 5.32 Å². The van der Waals surface area contributed by atoms with Crippen molar-refractivity contribution in [2.45, 2.75) is 84.0 Å². The Morgan fingerprint density at radius 3 is 2.56 bits per heavy atom. The Balaban J connectivity index is 1.53. The molecule has 1 amide bonds. The van der Waals surface area contributed by atoms with Gasteiger partial charge in [-0.25, -0.2) is 9.37 Å². The van der Waals surface area contributed by atoms with Gasteiger partial charge in [0.15, 0.2) is 0 Å². The lowest BCUT2D eigenvalue weighted by Gasteiger charge is -2.34. The molecule has 2 heterocycles. The van der Waals surface area contributed by atoms with E-state index >= 15 is 0 Å². The van der Waals surface area contributed by atoms with Crippen LogP contribution in [0.1, 0.15) is 106 Å². The van der Waals surface area contributed by atoms with Crippen LogP contribution in [0.5, 0.6) is 0 Å². The van der Waals surface area contributed by atoms with Crippen molar-refractivity contribution in [3.05, 3.63) is 53.4 Å². The Bertz CT molecular complexity index is 938. The maximum Gasteiger partial charge on any atom is 0.274 e. The Kier molecular flexibility index (Phi) is 7.22. The van der Waals surface area contributed by atoms with Gasteiger partial charge >= 0.3 is 0 Å². The van der Waals surface area contributed by atoms with Crippen molar-refractivity contribution in [3.63, 3.8) is 0 Å². The molecule has 2 aliphatic carbocycles. The summed E-state index contributed by atoms with van der Waals surface area (Å²) in [4.78, 5) is 21.9. The maximum atomic E-state index is 14.6. The smallest absolute Gasteiger partial charge is 0.274 e. The summed E-state index contributed by atoms with van der Waals surface area (Å²) in [5, 5.41) is 3.04. The number of amides is 1. The highest BCUT2D eigenvalue weighted by Crippen LogP contribution is 2.42. The molecule has 2 fully saturated rings. The van der Waals surface area contributed by atoms with Gasteiger partial charge in [-0.2, -0.15) is 0 Å². The lowest BCUT2D eigenvalue weighted by Crippen LogP contribution is -2.22. The molecule has 3 unspecified atom stereocenters. The van der Waals surface area contributed by atoms with E-state index in [-0.39, 0.29) is 23.3 Å². The summed E-state index contributed by atoms with van der Waals surface area (Å²) in [5.74, 6) is 2.01. The number of nitrogens with zero attached hydrogens (tertiary/aromatic N) is 2. The molecule has 5 heteroatoms. The molecule has 172 valence electrons. The van der Waals surface area contributed by atoms with Crippen LogP contribution >= 0.6 is 0 Å². The fourth-order valence-corrected chi connectivity index (χ4v) is 5.79. The van der Waals surface area contributed by atoms with Gasteiger partial charge in [-0.15, -0.1) is 0 Å². The molecule has 3 atom stereocenters. The Morgan fingerprint density at radius 1 is 1.03 bits per heavy atom. The van der Waals surface area contributed by atoms with E-state index in [1.165, 1.54) is 25.0 Å². The molecule has 2 saturated carbocycles. The highest BCUT2D eigenvalue weighted by atomic mass is 19.1. The second kappa shape index (κ2) is 10.1. The summed E-state index contributed by atoms with van der Waals surface area (Å²) >= 11 is 0. The fraction of sp³-hybridized carbons (Fsp3) is 0.593. The quantitative estimate of drug-likeness (QED) is 0.543. The van der Waals surface area contributed by atoms with Gasteiger partial charge in [0, 0.05) is 12.1 Å². The maximum absolute atomic E-state index is 14.6. The van der Waals surface area contributed by atoms with Gasteiger partial charge in [0.1, 0.15) is 11.5 Å². The third kappa shape index (κ3) is 5.19. The van der Waals surface area contributed by atoms with Gasteiger partial charge in [-0.3, -0.25) is 9.78 Å². The van der Waals surface area contributed by atoms with E-state index in [9.17, 15) is 9.18 Å². The zero-order valence-electron chi connectivity index (χ0n) is 19.6. The zero-order valence-corrected chi connectivity index (χ0v) is 19.6. The third-order valence-electron chi connectivity index (χ3n) is 7.67. The molecule has 0 spiro atoms. The molecule has 0 radical (unpaired) electrons. The largest absolute Gasteiger partial charge is 0.319 e. The van der Waals surface area contributed by atoms with Gasteiger partial charge in [-0.1, -0.05) is 40.0 Å². The molecule has 4 rings (SSSR count). The predicted octanol–water partition coefficient (Wildman–Crippen LogP) is 7.09. The predicted molar refractivity (Wildman–Crippen MR) is 126 cm³/mol. The first-order valence-corrected chi connectivity index (χ1v) is 12.4. The first-order chi connectivity index (χ1) is 15.4. The molecule has 2 aromatic heterocycles. The molecular weight excluding hydrogens is 401 g/mol. The lowest BCUT2D eigenvalue weighted by molar-refractivity contribution is 0.102. The number of hydrogen-bond acceptors (Lipinski definition) is 3. The van der Waals surface area contributed by atoms with Crippen LogP contribution in [0, 0.1) is 23.6 Å². The van der Waals surface area contributed by atoms with E-state index in [4.69, 9.17) is 0 Å². The molecule has 2 aromatic rings. The van der Waals surface area contributed by atoms with Crippen LogP contribution in [0.15, 0.2) is 30.6 Å². The van der Waals surface area contributed by atoms with Crippen molar-refractivity contribution in [1.82, 2.24) is 9.97 Å². The lowest BCUT2D eigenvalue weighted by atomic mass is 9.72. The van der Waals surface area contributed by atoms with E-state index in [2.05, 4.69) is 36.1 Å². The average molecular weight is 438 g/mol. The number of rotatable bonds is 5. The monoisotopic (exact) mass is 437 g/mol. The standard InChI is InChI=1S/C27H36FN3O/c1-4-19-13-18(3)14-21(15-19)22-11-12-29-16-25(22)31-27(32)24-10-9-23(28)26(30-24)20-7-5-17(2)6-8-20/h9-12,16-21H,4-8,13-15H2,1-3H3,(H,31,32). The fourth-order valence-electron chi connectivity index (χ4n) is 5.79. The number of hydrogen-bond donors (Lipinski definition) is 1. The summed E-state index contributed by atoms with van der Waals surface area (Å²) in [6.45, 7) is 6.83. The molecule has 0 bridgehead atoms. The minimum Gasteiger partial charge on any atom is -0.319 e. The summed E-state index contributed by atoms with van der Waals surface area (Å²) in [6, 6.07) is 4.93. The molecule has 0 aliphatic heterocycles. The molecule has 0 aromatic carbocycles. The van der Waals surface area contributed by atoms with Gasteiger partial charge in [0.05, 0.1) is 17.6 Å². The number of aromatic nitrogens is 2. The Hall–Kier alpha value is -2.30. The summed E-state index contributed by atoms with van der Waals surface area (Å²) in [6.07, 6.45) is 12.3. The molecule has 32 heavy (non-hydrogen) atoms. The number of halogens is 1. The van der Waals surface area contributed by atoms with Crippen LogP contribution in [0.2, 0.25) is 0 Å². The normalized spacial score (nSPS) is 28.3. The van der Waals surface area contributed by atoms with Gasteiger partial charge in [-0.05, 0) is 79.5 Å². The third-order valence-corrected chi connectivity index (χ3v) is 7.67. The molecular formula is C27H36FN3O. The number of carbonyl (C=O) groups excluding carboxylic acids is 1. The first-order valence-electron chi connectivity index (χ1n) is 12.4. The number of pyridine rings is 2. The SMILES string of the molecule is CCC1CC(C)CC(c2ccncc2NC(=O)c2ccc(F)c(C3CCC(C)CC3)n2)C1. The van der Waals surface area contributed by atoms with E-state index in [1.54, 1.807) is 6.20 Å². The van der Waals surface area contributed by atoms with E-state index < -0.39 is 0 Å². The number of nitrogens with one attached hydrogen (secondary N) is 1. The highest BCUT2D eigenvalue weighted by Gasteiger charge is 2.29. The minimum atomic E-state index is -0.301. The van der Waals surface area contributed by atoms with E-state index in [0.29, 0.717) is 23.4 Å². The van der Waals surface area contributed by atoms with Crippen LogP contribution in [0.4, 0.5) is 10.1 Å². The van der Waals surface area contributed by atoms with Crippen molar-refractivity contribution >= 4 is 11.6 Å². The topological polar surface area (TPSA) is 54.9 Å². The molecule has 2 aliphatic rings. The second-order valence-electron chi connectivity index (χ2n) is 10.2. The molecule has 0 saturated heterocycles. The summed E-state index contributed by atoms with van der Waals surface area (Å²) in [7, 11) is 0. The zero-order chi connectivity index (χ0) is 22.7. The molecule has 1 N–H and O–H groups in total. The van der Waals surface area contributed by atoms with Crippen LogP contribution in [0.3, 0.4) is 0 Å². The number of carbonyl (C=O) groups is 1. The van der Waals surface area contributed by atoms with Crippen LogP contribution in [0.25, 0.3) is 0 Å².